The van der Waals surface area contributed by atoms with E-state index < -0.39 is 85.9 Å². The van der Waals surface area contributed by atoms with E-state index in [0.29, 0.717) is 50.3 Å². The van der Waals surface area contributed by atoms with Crippen LogP contribution in [0.3, 0.4) is 0 Å². The van der Waals surface area contributed by atoms with Crippen LogP contribution >= 0.6 is 0 Å². The van der Waals surface area contributed by atoms with Gasteiger partial charge in [-0.05, 0) is 83.3 Å². The van der Waals surface area contributed by atoms with E-state index in [1.165, 1.54) is 21.0 Å². The molecule has 3 N–H and O–H groups in total. The van der Waals surface area contributed by atoms with Crippen molar-refractivity contribution in [1.82, 2.24) is 30.0 Å². The van der Waals surface area contributed by atoms with E-state index in [4.69, 9.17) is 9.47 Å². The number of carbonyl (C=O) groups excluding carboxylic acids is 3. The van der Waals surface area contributed by atoms with Crippen molar-refractivity contribution in [2.24, 2.45) is 17.8 Å². The van der Waals surface area contributed by atoms with Crippen molar-refractivity contribution < 1.29 is 55.3 Å². The number of alkyl halides is 3. The van der Waals surface area contributed by atoms with Crippen molar-refractivity contribution in [3.8, 4) is 11.8 Å². The maximum Gasteiger partial charge on any atom is 0.411 e. The number of nitrogens with zero attached hydrogens (tertiary/aromatic N) is 4. The van der Waals surface area contributed by atoms with Gasteiger partial charge in [-0.3, -0.25) is 24.0 Å². The summed E-state index contributed by atoms with van der Waals surface area (Å²) in [4.78, 5) is 57.4. The molecule has 0 radical (unpaired) electrons. The number of halogens is 3. The van der Waals surface area contributed by atoms with Crippen molar-refractivity contribution in [2.45, 2.75) is 120 Å². The molecule has 15 nitrogen and oxygen atoms in total. The number of allylic oxidation sites excluding steroid dienone is 1. The third-order valence-corrected chi connectivity index (χ3v) is 14.2. The van der Waals surface area contributed by atoms with Gasteiger partial charge in [0.1, 0.15) is 29.3 Å². The van der Waals surface area contributed by atoms with Gasteiger partial charge in [-0.1, -0.05) is 38.1 Å². The predicted molar refractivity (Wildman–Crippen MR) is 199 cm³/mol. The van der Waals surface area contributed by atoms with Crippen LogP contribution in [0, 0.1) is 17.8 Å². The largest absolute Gasteiger partial charge is 0.479 e. The van der Waals surface area contributed by atoms with Crippen molar-refractivity contribution in [3.05, 3.63) is 36.4 Å². The van der Waals surface area contributed by atoms with Gasteiger partial charge in [0.2, 0.25) is 33.6 Å². The Morgan fingerprint density at radius 2 is 1.70 bits per heavy atom. The van der Waals surface area contributed by atoms with Crippen LogP contribution < -0.4 is 19.5 Å². The van der Waals surface area contributed by atoms with Crippen molar-refractivity contribution in [1.29, 1.82) is 0 Å². The molecule has 312 valence electrons. The Morgan fingerprint density at radius 1 is 1.07 bits per heavy atom. The molecule has 2 aromatic rings. The van der Waals surface area contributed by atoms with Gasteiger partial charge in [0.05, 0.1) is 29.2 Å². The summed E-state index contributed by atoms with van der Waals surface area (Å²) >= 11 is 0. The van der Waals surface area contributed by atoms with Crippen LogP contribution in [0.1, 0.15) is 79.6 Å². The lowest BCUT2D eigenvalue weighted by molar-refractivity contribution is -0.222. The summed E-state index contributed by atoms with van der Waals surface area (Å²) in [7, 11) is -2.71. The van der Waals surface area contributed by atoms with Crippen molar-refractivity contribution in [2.75, 3.05) is 13.7 Å². The highest BCUT2D eigenvalue weighted by Gasteiger charge is 2.64. The molecule has 57 heavy (non-hydrogen) atoms. The van der Waals surface area contributed by atoms with Crippen LogP contribution in [0.2, 0.25) is 0 Å². The lowest BCUT2D eigenvalue weighted by Crippen LogP contribution is -2.66. The number of aromatic nitrogens is 2. The second kappa shape index (κ2) is 14.9. The summed E-state index contributed by atoms with van der Waals surface area (Å²) in [5, 5.41) is 22.4. The maximum absolute atomic E-state index is 15.0. The van der Waals surface area contributed by atoms with E-state index in [0.717, 1.165) is 4.90 Å². The van der Waals surface area contributed by atoms with Crippen molar-refractivity contribution in [3.63, 3.8) is 0 Å². The normalized spacial score (nSPS) is 29.2. The molecular formula is C38H49F3N6O9S. The molecule has 3 fully saturated rings. The average molecular weight is 823 g/mol. The van der Waals surface area contributed by atoms with Gasteiger partial charge < -0.3 is 24.8 Å². The minimum atomic E-state index is -5.10. The minimum absolute atomic E-state index is 0.0122. The summed E-state index contributed by atoms with van der Waals surface area (Å²) in [6.07, 6.45) is -2.95. The van der Waals surface area contributed by atoms with E-state index in [2.05, 4.69) is 20.2 Å². The Hall–Kier alpha value is -4.68. The number of amides is 4. The number of methoxy groups -OCH3 is 1. The molecule has 0 spiro atoms. The number of sulfonamides is 1. The van der Waals surface area contributed by atoms with E-state index in [1.807, 2.05) is 6.92 Å². The molecule has 1 aromatic carbocycles. The molecule has 1 saturated heterocycles. The third-order valence-electron chi connectivity index (χ3n) is 12.1. The average Bonchev–Trinajstić information content (AvgIpc) is 4.01. The smallest absolute Gasteiger partial charge is 0.411 e. The highest BCUT2D eigenvalue weighted by Crippen LogP contribution is 2.48. The zero-order chi connectivity index (χ0) is 41.9. The summed E-state index contributed by atoms with van der Waals surface area (Å²) in [6, 6.07) is 3.47. The summed E-state index contributed by atoms with van der Waals surface area (Å²) in [5.74, 6) is -4.45. The fourth-order valence-corrected chi connectivity index (χ4v) is 9.35. The molecule has 4 aliphatic rings. The second-order valence-electron chi connectivity index (χ2n) is 16.7. The van der Waals surface area contributed by atoms with Crippen LogP contribution in [-0.4, -0.2) is 111 Å². The zero-order valence-corrected chi connectivity index (χ0v) is 33.4. The van der Waals surface area contributed by atoms with E-state index in [9.17, 15) is 45.9 Å². The molecule has 6 rings (SSSR count). The highest BCUT2D eigenvalue weighted by molar-refractivity contribution is 7.91. The van der Waals surface area contributed by atoms with Gasteiger partial charge in [-0.15, -0.1) is 10.2 Å². The fourth-order valence-electron chi connectivity index (χ4n) is 8.03. The molecular weight excluding hydrogens is 774 g/mol. The molecule has 3 heterocycles. The topological polar surface area (TPSA) is 197 Å². The molecule has 7 atom stereocenters. The van der Waals surface area contributed by atoms with Gasteiger partial charge in [-0.25, -0.2) is 13.2 Å². The second-order valence-corrected chi connectivity index (χ2v) is 18.9. The molecule has 0 bridgehead atoms. The number of carboxylic acid groups (broad SMARTS) is 1. The fraction of sp³-hybridized carbons (Fsp3) is 0.632. The number of hydrogen-bond donors (Lipinski definition) is 3. The maximum atomic E-state index is 15.0. The first-order chi connectivity index (χ1) is 26.6. The number of rotatable bonds is 8. The lowest BCUT2D eigenvalue weighted by atomic mass is 9.85. The first-order valence-corrected chi connectivity index (χ1v) is 20.5. The number of ether oxygens (including phenoxy) is 2. The molecule has 4 amide bonds. The number of fused-ring (bicyclic) bond motifs is 3. The molecule has 0 unspecified atom stereocenters. The van der Waals surface area contributed by atoms with Crippen LogP contribution in [0.25, 0.3) is 10.8 Å². The summed E-state index contributed by atoms with van der Waals surface area (Å²) in [5.41, 5.74) is -4.76. The van der Waals surface area contributed by atoms with Gasteiger partial charge >= 0.3 is 12.3 Å². The standard InChI is InChI=1S/C38H49F3N6O9S/c1-21-11-7-8-12-23-19-37(23,33(50)45-57(53,54)36(5)15-16-36)42-29(48)27-18-24(56-31-26-14-10-9-13-25(26)30(55-6)43-44-31)20-46(27)32(49)28(22(2)17-21)47(34(51)52)35(3,4)38(39,40)41/h8-10,12-14,21-24,27-28H,7,11,15-20H2,1-6H3,(H,42,48)(H,45,50)(H,51,52)/t21-,22+,23+,24+,27-,28-,37+/m0/s1. The molecule has 2 aliphatic carbocycles. The Balaban J connectivity index is 1.43. The molecule has 1 aromatic heterocycles. The first kappa shape index (κ1) is 41.9. The quantitative estimate of drug-likeness (QED) is 0.316. The molecule has 2 aliphatic heterocycles. The van der Waals surface area contributed by atoms with Crippen LogP contribution in [-0.2, 0) is 24.4 Å². The monoisotopic (exact) mass is 822 g/mol. The number of hydrogen-bond acceptors (Lipinski definition) is 10. The van der Waals surface area contributed by atoms with Gasteiger partial charge in [-0.2, -0.15) is 13.2 Å². The van der Waals surface area contributed by atoms with Crippen LogP contribution in [0.4, 0.5) is 18.0 Å². The summed E-state index contributed by atoms with van der Waals surface area (Å²) < 4.78 is 83.0. The Bertz CT molecular complexity index is 2080. The number of benzene rings is 1. The zero-order valence-electron chi connectivity index (χ0n) is 32.6. The molecule has 19 heteroatoms. The summed E-state index contributed by atoms with van der Waals surface area (Å²) in [6.45, 7) is 5.86. The third kappa shape index (κ3) is 7.82. The van der Waals surface area contributed by atoms with Crippen LogP contribution in [0.15, 0.2) is 36.4 Å². The van der Waals surface area contributed by atoms with Crippen molar-refractivity contribution >= 4 is 44.6 Å². The Morgan fingerprint density at radius 3 is 2.30 bits per heavy atom. The van der Waals surface area contributed by atoms with E-state index >= 15 is 0 Å². The molecule has 2 saturated carbocycles. The van der Waals surface area contributed by atoms with Gasteiger partial charge in [0.15, 0.2) is 0 Å². The van der Waals surface area contributed by atoms with E-state index in [-0.39, 0.29) is 48.4 Å². The number of nitrogens with one attached hydrogen (secondary N) is 2. The minimum Gasteiger partial charge on any atom is -0.479 e. The van der Waals surface area contributed by atoms with Crippen LogP contribution in [0.5, 0.6) is 11.8 Å². The lowest BCUT2D eigenvalue weighted by Gasteiger charge is -2.45. The highest BCUT2D eigenvalue weighted by atomic mass is 32.2. The van der Waals surface area contributed by atoms with Gasteiger partial charge in [0, 0.05) is 12.3 Å². The SMILES string of the molecule is COc1nnc(O[C@@H]2C[C@H]3C(=O)N[C@]4(C(=O)NS(=O)(=O)C5(C)CC5)C[C@H]4C=CCC[C@H](C)C[C@@H](C)[C@H](N(C(=O)O)C(C)(C)C(F)(F)F)C(=O)N3C2)c2ccccc12. The Kier molecular flexibility index (Phi) is 11.0. The van der Waals surface area contributed by atoms with E-state index in [1.54, 1.807) is 36.4 Å². The number of carbonyl (C=O) groups is 4. The predicted octanol–water partition coefficient (Wildman–Crippen LogP) is 4.56. The first-order valence-electron chi connectivity index (χ1n) is 19.0. The Labute approximate surface area is 328 Å². The van der Waals surface area contributed by atoms with Gasteiger partial charge in [0.25, 0.3) is 5.91 Å².